The highest BCUT2D eigenvalue weighted by atomic mass is 32.2. The van der Waals surface area contributed by atoms with Crippen LogP contribution in [0.25, 0.3) is 0 Å². The molecule has 0 radical (unpaired) electrons. The topological polar surface area (TPSA) is 38.1 Å². The lowest BCUT2D eigenvalue weighted by molar-refractivity contribution is -0.119. The largest absolute Gasteiger partial charge is 0.310 e. The van der Waals surface area contributed by atoms with Crippen LogP contribution in [0.2, 0.25) is 0 Å². The Kier molecular flexibility index (Phi) is 4.20. The Labute approximate surface area is 133 Å². The smallest absolute Gasteiger partial charge is 0.248 e. The number of carbonyl (C=O) groups is 1. The molecule has 0 unspecified atom stereocenters. The van der Waals surface area contributed by atoms with Crippen LogP contribution in [-0.2, 0) is 11.3 Å². The maximum Gasteiger partial charge on any atom is 0.248 e. The molecular weight excluding hydrogens is 301 g/mol. The molecule has 2 heterocycles. The molecule has 1 aliphatic heterocycles. The Bertz CT molecular complexity index is 713. The SMILES string of the molecule is Cc1cc(C)n(CC(=O)N2CCCSc3ccc(F)cc32)n1. The maximum atomic E-state index is 13.6. The number of amides is 1. The van der Waals surface area contributed by atoms with E-state index in [0.717, 1.165) is 28.5 Å². The number of benzene rings is 1. The summed E-state index contributed by atoms with van der Waals surface area (Å²) in [5.74, 6) is 0.563. The van der Waals surface area contributed by atoms with Gasteiger partial charge in [-0.25, -0.2) is 4.39 Å². The second-order valence-corrected chi connectivity index (χ2v) is 6.58. The van der Waals surface area contributed by atoms with Crippen LogP contribution >= 0.6 is 11.8 Å². The fourth-order valence-electron chi connectivity index (χ4n) is 2.66. The van der Waals surface area contributed by atoms with Crippen LogP contribution < -0.4 is 4.90 Å². The third-order valence-corrected chi connectivity index (χ3v) is 4.83. The van der Waals surface area contributed by atoms with E-state index in [1.54, 1.807) is 27.4 Å². The summed E-state index contributed by atoms with van der Waals surface area (Å²) in [6, 6.07) is 6.59. The molecule has 1 amide bonds. The van der Waals surface area contributed by atoms with Gasteiger partial charge in [0.25, 0.3) is 0 Å². The minimum atomic E-state index is -0.315. The monoisotopic (exact) mass is 319 g/mol. The summed E-state index contributed by atoms with van der Waals surface area (Å²) in [5, 5.41) is 4.33. The van der Waals surface area contributed by atoms with Gasteiger partial charge in [0, 0.05) is 17.1 Å². The van der Waals surface area contributed by atoms with Crippen molar-refractivity contribution in [3.05, 3.63) is 41.5 Å². The quantitative estimate of drug-likeness (QED) is 0.853. The fraction of sp³-hybridized carbons (Fsp3) is 0.375. The van der Waals surface area contributed by atoms with Gasteiger partial charge in [-0.1, -0.05) is 0 Å². The van der Waals surface area contributed by atoms with Gasteiger partial charge in [0.1, 0.15) is 12.4 Å². The molecule has 1 aromatic heterocycles. The van der Waals surface area contributed by atoms with E-state index in [0.29, 0.717) is 12.2 Å². The molecule has 0 spiro atoms. The number of fused-ring (bicyclic) bond motifs is 1. The van der Waals surface area contributed by atoms with E-state index in [1.165, 1.54) is 12.1 Å². The summed E-state index contributed by atoms with van der Waals surface area (Å²) >= 11 is 1.67. The van der Waals surface area contributed by atoms with E-state index in [-0.39, 0.29) is 18.3 Å². The van der Waals surface area contributed by atoms with Gasteiger partial charge < -0.3 is 4.90 Å². The number of hydrogen-bond donors (Lipinski definition) is 0. The number of hydrogen-bond acceptors (Lipinski definition) is 3. The Balaban J connectivity index is 1.89. The number of aromatic nitrogens is 2. The average molecular weight is 319 g/mol. The van der Waals surface area contributed by atoms with Gasteiger partial charge in [0.05, 0.1) is 11.4 Å². The van der Waals surface area contributed by atoms with Crippen molar-refractivity contribution in [3.8, 4) is 0 Å². The molecule has 4 nitrogen and oxygen atoms in total. The first kappa shape index (κ1) is 15.1. The average Bonchev–Trinajstić information content (AvgIpc) is 2.68. The zero-order chi connectivity index (χ0) is 15.7. The summed E-state index contributed by atoms with van der Waals surface area (Å²) in [6.07, 6.45) is 0.893. The first-order chi connectivity index (χ1) is 10.5. The molecule has 22 heavy (non-hydrogen) atoms. The van der Waals surface area contributed by atoms with Crippen LogP contribution in [0.5, 0.6) is 0 Å². The molecule has 3 rings (SSSR count). The molecule has 0 saturated heterocycles. The Morgan fingerprint density at radius 1 is 1.36 bits per heavy atom. The summed E-state index contributed by atoms with van der Waals surface area (Å²) in [6.45, 7) is 4.63. The second-order valence-electron chi connectivity index (χ2n) is 5.44. The maximum absolute atomic E-state index is 13.6. The second kappa shape index (κ2) is 6.12. The van der Waals surface area contributed by atoms with Crippen LogP contribution in [0, 0.1) is 19.7 Å². The first-order valence-electron chi connectivity index (χ1n) is 7.28. The molecule has 0 fully saturated rings. The molecule has 0 aliphatic carbocycles. The lowest BCUT2D eigenvalue weighted by Crippen LogP contribution is -2.35. The highest BCUT2D eigenvalue weighted by molar-refractivity contribution is 7.99. The van der Waals surface area contributed by atoms with Crippen molar-refractivity contribution in [1.82, 2.24) is 9.78 Å². The molecule has 1 aromatic carbocycles. The van der Waals surface area contributed by atoms with E-state index in [4.69, 9.17) is 0 Å². The number of carbonyl (C=O) groups excluding carboxylic acids is 1. The van der Waals surface area contributed by atoms with Crippen LogP contribution in [0.4, 0.5) is 10.1 Å². The Morgan fingerprint density at radius 2 is 2.18 bits per heavy atom. The van der Waals surface area contributed by atoms with Gasteiger partial charge >= 0.3 is 0 Å². The summed E-state index contributed by atoms with van der Waals surface area (Å²) in [4.78, 5) is 15.3. The molecule has 2 aromatic rings. The summed E-state index contributed by atoms with van der Waals surface area (Å²) in [7, 11) is 0. The Hall–Kier alpha value is -1.82. The number of aryl methyl sites for hydroxylation is 2. The van der Waals surface area contributed by atoms with E-state index in [1.807, 2.05) is 19.9 Å². The normalized spacial score (nSPS) is 14.6. The molecular formula is C16H18FN3OS. The highest BCUT2D eigenvalue weighted by Gasteiger charge is 2.23. The van der Waals surface area contributed by atoms with Crippen LogP contribution in [0.3, 0.4) is 0 Å². The van der Waals surface area contributed by atoms with Gasteiger partial charge in [0.15, 0.2) is 0 Å². The third kappa shape index (κ3) is 3.02. The molecule has 1 aliphatic rings. The van der Waals surface area contributed by atoms with Crippen LogP contribution in [-0.4, -0.2) is 28.0 Å². The van der Waals surface area contributed by atoms with Crippen molar-refractivity contribution in [1.29, 1.82) is 0 Å². The van der Waals surface area contributed by atoms with Gasteiger partial charge in [-0.15, -0.1) is 11.8 Å². The fourth-order valence-corrected chi connectivity index (χ4v) is 3.63. The third-order valence-electron chi connectivity index (χ3n) is 3.68. The molecule has 116 valence electrons. The highest BCUT2D eigenvalue weighted by Crippen LogP contribution is 2.34. The number of anilines is 1. The van der Waals surface area contributed by atoms with Crippen molar-refractivity contribution < 1.29 is 9.18 Å². The minimum absolute atomic E-state index is 0.0550. The number of rotatable bonds is 2. The van der Waals surface area contributed by atoms with E-state index in [9.17, 15) is 9.18 Å². The van der Waals surface area contributed by atoms with Crippen molar-refractivity contribution >= 4 is 23.4 Å². The molecule has 0 bridgehead atoms. The number of thioether (sulfide) groups is 1. The Morgan fingerprint density at radius 3 is 2.91 bits per heavy atom. The van der Waals surface area contributed by atoms with Gasteiger partial charge in [-0.05, 0) is 50.3 Å². The van der Waals surface area contributed by atoms with Crippen molar-refractivity contribution in [2.75, 3.05) is 17.2 Å². The van der Waals surface area contributed by atoms with Gasteiger partial charge in [-0.3, -0.25) is 9.48 Å². The lowest BCUT2D eigenvalue weighted by atomic mass is 10.2. The minimum Gasteiger partial charge on any atom is -0.310 e. The van der Waals surface area contributed by atoms with E-state index in [2.05, 4.69) is 5.10 Å². The first-order valence-corrected chi connectivity index (χ1v) is 8.27. The van der Waals surface area contributed by atoms with Crippen molar-refractivity contribution in [2.24, 2.45) is 0 Å². The molecule has 6 heteroatoms. The van der Waals surface area contributed by atoms with Gasteiger partial charge in [0.2, 0.25) is 5.91 Å². The predicted molar refractivity (Wildman–Crippen MR) is 85.8 cm³/mol. The van der Waals surface area contributed by atoms with E-state index < -0.39 is 0 Å². The van der Waals surface area contributed by atoms with Crippen molar-refractivity contribution in [3.63, 3.8) is 0 Å². The molecule has 0 saturated carbocycles. The summed E-state index contributed by atoms with van der Waals surface area (Å²) in [5.41, 5.74) is 2.52. The van der Waals surface area contributed by atoms with Gasteiger partial charge in [-0.2, -0.15) is 5.10 Å². The standard InChI is InChI=1S/C16H18FN3OS/c1-11-8-12(2)20(18-11)10-16(21)19-6-3-7-22-15-5-4-13(17)9-14(15)19/h4-5,8-9H,3,6-7,10H2,1-2H3. The van der Waals surface area contributed by atoms with Crippen molar-refractivity contribution in [2.45, 2.75) is 31.7 Å². The van der Waals surface area contributed by atoms with Crippen LogP contribution in [0.15, 0.2) is 29.2 Å². The number of nitrogens with zero attached hydrogens (tertiary/aromatic N) is 3. The van der Waals surface area contributed by atoms with Crippen LogP contribution in [0.1, 0.15) is 17.8 Å². The number of halogens is 1. The zero-order valence-corrected chi connectivity index (χ0v) is 13.5. The summed E-state index contributed by atoms with van der Waals surface area (Å²) < 4.78 is 15.3. The predicted octanol–water partition coefficient (Wildman–Crippen LogP) is 3.17. The molecule has 0 N–H and O–H groups in total. The molecule has 0 atom stereocenters. The van der Waals surface area contributed by atoms with E-state index >= 15 is 0 Å². The lowest BCUT2D eigenvalue weighted by Gasteiger charge is -2.23. The zero-order valence-electron chi connectivity index (χ0n) is 12.7.